The molecule has 2 amide bonds. The summed E-state index contributed by atoms with van der Waals surface area (Å²) in [5.41, 5.74) is 0.713. The number of carbonyl (C=O) groups excluding carboxylic acids is 1. The van der Waals surface area contributed by atoms with Gasteiger partial charge in [0.15, 0.2) is 11.6 Å². The Bertz CT molecular complexity index is 565. The lowest BCUT2D eigenvalue weighted by Crippen LogP contribution is -2.51. The fraction of sp³-hybridized carbons (Fsp3) is 0.588. The predicted octanol–water partition coefficient (Wildman–Crippen LogP) is 2.86. The van der Waals surface area contributed by atoms with E-state index < -0.39 is 0 Å². The van der Waals surface area contributed by atoms with E-state index in [1.807, 2.05) is 11.0 Å². The number of piperidine rings is 1. The zero-order chi connectivity index (χ0) is 16.2. The number of hydrogen-bond acceptors (Lipinski definition) is 3. The van der Waals surface area contributed by atoms with Crippen molar-refractivity contribution >= 4 is 6.03 Å². The van der Waals surface area contributed by atoms with Crippen LogP contribution in [0.2, 0.25) is 0 Å². The largest absolute Gasteiger partial charge is 0.490 e. The summed E-state index contributed by atoms with van der Waals surface area (Å²) >= 11 is 0. The third-order valence-electron chi connectivity index (χ3n) is 4.57. The molecular formula is C17H23FN2O3. The number of amides is 2. The van der Waals surface area contributed by atoms with Crippen LogP contribution in [0.1, 0.15) is 37.3 Å². The minimum atomic E-state index is -0.378. The number of methoxy groups -OCH3 is 1. The zero-order valence-electron chi connectivity index (χ0n) is 13.4. The molecule has 0 radical (unpaired) electrons. The van der Waals surface area contributed by atoms with E-state index >= 15 is 0 Å². The van der Waals surface area contributed by atoms with E-state index in [2.05, 4.69) is 5.32 Å². The van der Waals surface area contributed by atoms with Gasteiger partial charge < -0.3 is 19.7 Å². The van der Waals surface area contributed by atoms with Crippen molar-refractivity contribution in [2.45, 2.75) is 37.8 Å². The molecule has 0 bridgehead atoms. The van der Waals surface area contributed by atoms with Crippen molar-refractivity contribution in [3.63, 3.8) is 0 Å². The summed E-state index contributed by atoms with van der Waals surface area (Å²) in [6, 6.07) is 4.63. The Kier molecular flexibility index (Phi) is 5.00. The van der Waals surface area contributed by atoms with E-state index in [-0.39, 0.29) is 29.7 Å². The maximum atomic E-state index is 13.8. The molecule has 6 heteroatoms. The lowest BCUT2D eigenvalue weighted by atomic mass is 10.00. The summed E-state index contributed by atoms with van der Waals surface area (Å²) in [7, 11) is 1.65. The predicted molar refractivity (Wildman–Crippen MR) is 84.0 cm³/mol. The van der Waals surface area contributed by atoms with Crippen molar-refractivity contribution in [3.8, 4) is 5.75 Å². The van der Waals surface area contributed by atoms with Gasteiger partial charge in [-0.15, -0.1) is 0 Å². The molecule has 1 aromatic carbocycles. The van der Waals surface area contributed by atoms with E-state index in [1.165, 1.54) is 6.07 Å². The second-order valence-electron chi connectivity index (χ2n) is 6.10. The van der Waals surface area contributed by atoms with Gasteiger partial charge in [-0.25, -0.2) is 9.18 Å². The van der Waals surface area contributed by atoms with Crippen LogP contribution in [-0.2, 0) is 4.74 Å². The molecule has 0 saturated carbocycles. The Balaban J connectivity index is 1.72. The van der Waals surface area contributed by atoms with Crippen LogP contribution in [0.3, 0.4) is 0 Å². The number of carbonyl (C=O) groups is 1. The monoisotopic (exact) mass is 322 g/mol. The van der Waals surface area contributed by atoms with Gasteiger partial charge in [0, 0.05) is 25.6 Å². The maximum Gasteiger partial charge on any atom is 0.318 e. The smallest absolute Gasteiger partial charge is 0.318 e. The number of ether oxygens (including phenoxy) is 2. The van der Waals surface area contributed by atoms with Gasteiger partial charge in [-0.2, -0.15) is 0 Å². The lowest BCUT2D eigenvalue weighted by Gasteiger charge is -2.37. The molecule has 23 heavy (non-hydrogen) atoms. The van der Waals surface area contributed by atoms with Gasteiger partial charge in [0.25, 0.3) is 0 Å². The summed E-state index contributed by atoms with van der Waals surface area (Å²) in [4.78, 5) is 14.5. The SMILES string of the molecule is COCC1CCCCN1C(=O)N[C@H]1CCOc2c(F)cccc21. The molecule has 2 aliphatic rings. The molecule has 5 nitrogen and oxygen atoms in total. The Hall–Kier alpha value is -1.82. The summed E-state index contributed by atoms with van der Waals surface area (Å²) < 4.78 is 24.5. The normalized spacial score (nSPS) is 23.8. The Morgan fingerprint density at radius 1 is 1.43 bits per heavy atom. The van der Waals surface area contributed by atoms with Crippen molar-refractivity contribution in [2.24, 2.45) is 0 Å². The highest BCUT2D eigenvalue weighted by Gasteiger charge is 2.30. The number of rotatable bonds is 3. The quantitative estimate of drug-likeness (QED) is 0.931. The highest BCUT2D eigenvalue weighted by atomic mass is 19.1. The Morgan fingerprint density at radius 3 is 3.13 bits per heavy atom. The first-order valence-corrected chi connectivity index (χ1v) is 8.18. The van der Waals surface area contributed by atoms with Crippen molar-refractivity contribution in [2.75, 3.05) is 26.9 Å². The molecule has 0 aromatic heterocycles. The summed E-state index contributed by atoms with van der Waals surface area (Å²) in [5, 5.41) is 3.05. The molecule has 0 aliphatic carbocycles. The van der Waals surface area contributed by atoms with Crippen LogP contribution < -0.4 is 10.1 Å². The number of benzene rings is 1. The highest BCUT2D eigenvalue weighted by Crippen LogP contribution is 2.34. The summed E-state index contributed by atoms with van der Waals surface area (Å²) in [6.07, 6.45) is 3.72. The van der Waals surface area contributed by atoms with Gasteiger partial charge in [-0.3, -0.25) is 0 Å². The molecule has 1 aromatic rings. The molecule has 0 spiro atoms. The second-order valence-corrected chi connectivity index (χ2v) is 6.10. The van der Waals surface area contributed by atoms with Crippen LogP contribution in [0.15, 0.2) is 18.2 Å². The van der Waals surface area contributed by atoms with Gasteiger partial charge in [0.05, 0.1) is 25.3 Å². The number of urea groups is 1. The highest BCUT2D eigenvalue weighted by molar-refractivity contribution is 5.75. The molecule has 1 fully saturated rings. The third kappa shape index (κ3) is 3.42. The number of nitrogens with zero attached hydrogens (tertiary/aromatic N) is 1. The average molecular weight is 322 g/mol. The van der Waals surface area contributed by atoms with E-state index in [0.29, 0.717) is 25.2 Å². The van der Waals surface area contributed by atoms with Gasteiger partial charge >= 0.3 is 6.03 Å². The minimum Gasteiger partial charge on any atom is -0.490 e. The number of hydrogen-bond donors (Lipinski definition) is 1. The molecule has 2 atom stereocenters. The number of fused-ring (bicyclic) bond motifs is 1. The molecule has 126 valence electrons. The van der Waals surface area contributed by atoms with E-state index in [4.69, 9.17) is 9.47 Å². The van der Waals surface area contributed by atoms with Crippen molar-refractivity contribution in [1.29, 1.82) is 0 Å². The van der Waals surface area contributed by atoms with Crippen molar-refractivity contribution in [3.05, 3.63) is 29.6 Å². The number of likely N-dealkylation sites (tertiary alicyclic amines) is 1. The first-order chi connectivity index (χ1) is 11.2. The first kappa shape index (κ1) is 16.1. The second kappa shape index (κ2) is 7.17. The molecule has 1 N–H and O–H groups in total. The van der Waals surface area contributed by atoms with Gasteiger partial charge in [0.2, 0.25) is 0 Å². The van der Waals surface area contributed by atoms with Crippen LogP contribution in [0.4, 0.5) is 9.18 Å². The fourth-order valence-electron chi connectivity index (χ4n) is 3.40. The van der Waals surface area contributed by atoms with E-state index in [1.54, 1.807) is 13.2 Å². The Labute approximate surface area is 135 Å². The third-order valence-corrected chi connectivity index (χ3v) is 4.57. The topological polar surface area (TPSA) is 50.8 Å². The molecule has 2 heterocycles. The molecule has 1 unspecified atom stereocenters. The fourth-order valence-corrected chi connectivity index (χ4v) is 3.40. The number of para-hydroxylation sites is 1. The van der Waals surface area contributed by atoms with Crippen LogP contribution in [0.5, 0.6) is 5.75 Å². The van der Waals surface area contributed by atoms with Crippen LogP contribution >= 0.6 is 0 Å². The zero-order valence-corrected chi connectivity index (χ0v) is 13.4. The first-order valence-electron chi connectivity index (χ1n) is 8.18. The lowest BCUT2D eigenvalue weighted by molar-refractivity contribution is 0.0807. The van der Waals surface area contributed by atoms with E-state index in [0.717, 1.165) is 25.8 Å². The maximum absolute atomic E-state index is 13.8. The molecule has 3 rings (SSSR count). The summed E-state index contributed by atoms with van der Waals surface area (Å²) in [5.74, 6) is -0.118. The molecular weight excluding hydrogens is 299 g/mol. The molecule has 2 aliphatic heterocycles. The van der Waals surface area contributed by atoms with Crippen LogP contribution in [-0.4, -0.2) is 43.8 Å². The minimum absolute atomic E-state index is 0.103. The van der Waals surface area contributed by atoms with E-state index in [9.17, 15) is 9.18 Å². The van der Waals surface area contributed by atoms with Crippen LogP contribution in [0, 0.1) is 5.82 Å². The molecule has 1 saturated heterocycles. The summed E-state index contributed by atoms with van der Waals surface area (Å²) in [6.45, 7) is 1.69. The van der Waals surface area contributed by atoms with Gasteiger partial charge in [-0.05, 0) is 25.3 Å². The van der Waals surface area contributed by atoms with Crippen molar-refractivity contribution in [1.82, 2.24) is 10.2 Å². The van der Waals surface area contributed by atoms with Gasteiger partial charge in [-0.1, -0.05) is 12.1 Å². The van der Waals surface area contributed by atoms with Crippen LogP contribution in [0.25, 0.3) is 0 Å². The number of nitrogens with one attached hydrogen (secondary N) is 1. The average Bonchev–Trinajstić information content (AvgIpc) is 2.56. The Morgan fingerprint density at radius 2 is 2.30 bits per heavy atom. The van der Waals surface area contributed by atoms with Gasteiger partial charge in [0.1, 0.15) is 0 Å². The standard InChI is InChI=1S/C17H23FN2O3/c1-22-11-12-5-2-3-9-20(12)17(21)19-15-8-10-23-16-13(15)6-4-7-14(16)18/h4,6-7,12,15H,2-3,5,8-11H2,1H3,(H,19,21)/t12?,15-/m0/s1. The number of halogens is 1. The van der Waals surface area contributed by atoms with Crippen molar-refractivity contribution < 1.29 is 18.7 Å².